The van der Waals surface area contributed by atoms with Gasteiger partial charge in [0.2, 0.25) is 5.91 Å². The molecule has 1 heterocycles. The molecule has 0 unspecified atom stereocenters. The lowest BCUT2D eigenvalue weighted by molar-refractivity contribution is -0.117. The minimum absolute atomic E-state index is 0.0778. The van der Waals surface area contributed by atoms with E-state index in [1.807, 2.05) is 0 Å². The van der Waals surface area contributed by atoms with Gasteiger partial charge in [-0.15, -0.1) is 0 Å². The van der Waals surface area contributed by atoms with Gasteiger partial charge in [-0.3, -0.25) is 4.79 Å². The summed E-state index contributed by atoms with van der Waals surface area (Å²) in [5.74, 6) is -0.469. The Kier molecular flexibility index (Phi) is 4.37. The van der Waals surface area contributed by atoms with Gasteiger partial charge < -0.3 is 5.32 Å². The summed E-state index contributed by atoms with van der Waals surface area (Å²) >= 11 is 11.3. The van der Waals surface area contributed by atoms with Crippen LogP contribution in [0.4, 0.5) is 5.69 Å². The van der Waals surface area contributed by atoms with Crippen LogP contribution in [0.1, 0.15) is 6.92 Å². The molecule has 1 N–H and O–H groups in total. The third-order valence-electron chi connectivity index (χ3n) is 1.68. The van der Waals surface area contributed by atoms with E-state index >= 15 is 0 Å². The van der Waals surface area contributed by atoms with Crippen molar-refractivity contribution in [1.29, 1.82) is 0 Å². The molecule has 1 aromatic heterocycles. The summed E-state index contributed by atoms with van der Waals surface area (Å²) in [5.41, 5.74) is 8.48. The summed E-state index contributed by atoms with van der Waals surface area (Å²) < 4.78 is 0. The molecule has 1 amide bonds. The number of hydrogen-bond donors (Lipinski definition) is 1. The maximum Gasteiger partial charge on any atom is 0.233 e. The van der Waals surface area contributed by atoms with Gasteiger partial charge in [-0.1, -0.05) is 28.3 Å². The lowest BCUT2D eigenvalue weighted by Crippen LogP contribution is -2.23. The summed E-state index contributed by atoms with van der Waals surface area (Å²) in [6, 6.07) is 2.18. The Balaban J connectivity index is 2.81. The molecular weight excluding hydrogens is 253 g/mol. The van der Waals surface area contributed by atoms with E-state index in [0.29, 0.717) is 5.69 Å². The van der Waals surface area contributed by atoms with Crippen molar-refractivity contribution in [1.82, 2.24) is 4.98 Å². The van der Waals surface area contributed by atoms with E-state index in [9.17, 15) is 4.79 Å². The lowest BCUT2D eigenvalue weighted by atomic mass is 10.3. The SMILES string of the molecule is C[C@@H](N=[N+]=[N-])C(=O)Nc1ccc(Cl)nc1Cl. The molecule has 1 atom stereocenters. The predicted molar refractivity (Wildman–Crippen MR) is 61.5 cm³/mol. The van der Waals surface area contributed by atoms with Crippen molar-refractivity contribution in [3.8, 4) is 0 Å². The van der Waals surface area contributed by atoms with Gasteiger partial charge in [0, 0.05) is 4.91 Å². The normalized spacial score (nSPS) is 11.4. The number of hydrogen-bond acceptors (Lipinski definition) is 3. The molecular formula is C8H7Cl2N5O. The fourth-order valence-corrected chi connectivity index (χ4v) is 1.26. The smallest absolute Gasteiger partial charge is 0.233 e. The highest BCUT2D eigenvalue weighted by atomic mass is 35.5. The summed E-state index contributed by atoms with van der Waals surface area (Å²) in [5, 5.41) is 6.02. The van der Waals surface area contributed by atoms with Crippen LogP contribution in [0.2, 0.25) is 10.3 Å². The Hall–Kier alpha value is -1.49. The number of nitrogens with zero attached hydrogens (tertiary/aromatic N) is 4. The first-order chi connectivity index (χ1) is 7.54. The molecule has 0 spiro atoms. The molecule has 1 aromatic rings. The number of nitrogens with one attached hydrogen (secondary N) is 1. The molecule has 0 fully saturated rings. The van der Waals surface area contributed by atoms with Crippen molar-refractivity contribution in [3.63, 3.8) is 0 Å². The van der Waals surface area contributed by atoms with Gasteiger partial charge in [-0.2, -0.15) is 0 Å². The van der Waals surface area contributed by atoms with E-state index in [2.05, 4.69) is 20.3 Å². The lowest BCUT2D eigenvalue weighted by Gasteiger charge is -2.08. The fourth-order valence-electron chi connectivity index (χ4n) is 0.872. The van der Waals surface area contributed by atoms with Crippen molar-refractivity contribution in [2.24, 2.45) is 5.11 Å². The highest BCUT2D eigenvalue weighted by molar-refractivity contribution is 6.34. The van der Waals surface area contributed by atoms with E-state index in [-0.39, 0.29) is 10.3 Å². The first-order valence-electron chi connectivity index (χ1n) is 4.21. The summed E-state index contributed by atoms with van der Waals surface area (Å²) in [7, 11) is 0. The van der Waals surface area contributed by atoms with E-state index in [1.54, 1.807) is 0 Å². The highest BCUT2D eigenvalue weighted by Gasteiger charge is 2.12. The van der Waals surface area contributed by atoms with E-state index in [4.69, 9.17) is 28.7 Å². The number of carbonyl (C=O) groups excluding carboxylic acids is 1. The molecule has 6 nitrogen and oxygen atoms in total. The Labute approximate surface area is 101 Å². The van der Waals surface area contributed by atoms with Gasteiger partial charge in [0.15, 0.2) is 5.15 Å². The molecule has 84 valence electrons. The quantitative estimate of drug-likeness (QED) is 0.391. The number of amides is 1. The van der Waals surface area contributed by atoms with E-state index < -0.39 is 11.9 Å². The highest BCUT2D eigenvalue weighted by Crippen LogP contribution is 2.21. The van der Waals surface area contributed by atoms with E-state index in [1.165, 1.54) is 19.1 Å². The van der Waals surface area contributed by atoms with Crippen LogP contribution >= 0.6 is 23.2 Å². The molecule has 0 radical (unpaired) electrons. The molecule has 0 bridgehead atoms. The standard InChI is InChI=1S/C8H7Cl2N5O/c1-4(14-15-11)8(16)12-5-2-3-6(9)13-7(5)10/h2-4H,1H3,(H,12,16)/t4-/m1/s1. The van der Waals surface area contributed by atoms with Gasteiger partial charge in [0.05, 0.1) is 5.69 Å². The zero-order valence-electron chi connectivity index (χ0n) is 8.19. The van der Waals surface area contributed by atoms with Crippen LogP contribution in [-0.2, 0) is 4.79 Å². The van der Waals surface area contributed by atoms with Crippen molar-refractivity contribution >= 4 is 34.8 Å². The van der Waals surface area contributed by atoms with Crippen molar-refractivity contribution in [2.75, 3.05) is 5.32 Å². The third kappa shape index (κ3) is 3.27. The van der Waals surface area contributed by atoms with Gasteiger partial charge in [0.1, 0.15) is 11.2 Å². The number of halogens is 2. The second-order valence-corrected chi connectivity index (χ2v) is 3.59. The molecule has 0 saturated carbocycles. The number of azide groups is 1. The molecule has 0 aliphatic rings. The molecule has 0 aromatic carbocycles. The predicted octanol–water partition coefficient (Wildman–Crippen LogP) is 3.03. The Bertz CT molecular complexity index is 458. The molecule has 16 heavy (non-hydrogen) atoms. The van der Waals surface area contributed by atoms with Crippen LogP contribution in [0.25, 0.3) is 10.4 Å². The fraction of sp³-hybridized carbons (Fsp3) is 0.250. The summed E-state index contributed by atoms with van der Waals surface area (Å²) in [6.07, 6.45) is 0. The zero-order valence-corrected chi connectivity index (χ0v) is 9.70. The Morgan fingerprint density at radius 2 is 2.31 bits per heavy atom. The molecule has 0 aliphatic heterocycles. The van der Waals surface area contributed by atoms with Crippen LogP contribution < -0.4 is 5.32 Å². The first-order valence-corrected chi connectivity index (χ1v) is 4.97. The molecule has 0 aliphatic carbocycles. The number of rotatable bonds is 3. The zero-order chi connectivity index (χ0) is 12.1. The van der Waals surface area contributed by atoms with Crippen LogP contribution in [0.5, 0.6) is 0 Å². The topological polar surface area (TPSA) is 90.8 Å². The molecule has 0 saturated heterocycles. The maximum atomic E-state index is 11.4. The van der Waals surface area contributed by atoms with Gasteiger partial charge >= 0.3 is 0 Å². The van der Waals surface area contributed by atoms with Crippen molar-refractivity contribution in [3.05, 3.63) is 32.9 Å². The van der Waals surface area contributed by atoms with Crippen molar-refractivity contribution in [2.45, 2.75) is 13.0 Å². The Morgan fingerprint density at radius 1 is 1.62 bits per heavy atom. The second kappa shape index (κ2) is 5.55. The number of pyridine rings is 1. The maximum absolute atomic E-state index is 11.4. The first kappa shape index (κ1) is 12.6. The van der Waals surface area contributed by atoms with Gasteiger partial charge in [-0.25, -0.2) is 4.98 Å². The summed E-state index contributed by atoms with van der Waals surface area (Å²) in [6.45, 7) is 1.46. The monoisotopic (exact) mass is 259 g/mol. The van der Waals surface area contributed by atoms with Crippen LogP contribution in [0.15, 0.2) is 17.2 Å². The van der Waals surface area contributed by atoms with E-state index in [0.717, 1.165) is 0 Å². The average molecular weight is 260 g/mol. The van der Waals surface area contributed by atoms with Gasteiger partial charge in [0.25, 0.3) is 0 Å². The minimum atomic E-state index is -0.822. The minimum Gasteiger partial charge on any atom is -0.323 e. The number of aromatic nitrogens is 1. The third-order valence-corrected chi connectivity index (χ3v) is 2.18. The second-order valence-electron chi connectivity index (χ2n) is 2.84. The van der Waals surface area contributed by atoms with Crippen LogP contribution in [0.3, 0.4) is 0 Å². The summed E-state index contributed by atoms with van der Waals surface area (Å²) in [4.78, 5) is 17.7. The van der Waals surface area contributed by atoms with Gasteiger partial charge in [-0.05, 0) is 24.6 Å². The van der Waals surface area contributed by atoms with Crippen molar-refractivity contribution < 1.29 is 4.79 Å². The molecule has 8 heteroatoms. The Morgan fingerprint density at radius 3 is 2.88 bits per heavy atom. The average Bonchev–Trinajstić information content (AvgIpc) is 2.22. The largest absolute Gasteiger partial charge is 0.323 e. The molecule has 1 rings (SSSR count). The van der Waals surface area contributed by atoms with Crippen LogP contribution in [-0.4, -0.2) is 16.9 Å². The number of carbonyl (C=O) groups is 1. The van der Waals surface area contributed by atoms with Crippen LogP contribution in [0, 0.1) is 0 Å². The number of anilines is 1.